The summed E-state index contributed by atoms with van der Waals surface area (Å²) in [6.07, 6.45) is 1.15. The number of likely N-dealkylation sites (tertiary alicyclic amines) is 1. The Morgan fingerprint density at radius 3 is 2.53 bits per heavy atom. The molecule has 3 rings (SSSR count). The first-order valence-corrected chi connectivity index (χ1v) is 11.5. The maximum Gasteiger partial charge on any atom is 0.410 e. The van der Waals surface area contributed by atoms with E-state index in [0.29, 0.717) is 19.7 Å². The highest BCUT2D eigenvalue weighted by molar-refractivity contribution is 14.1. The highest BCUT2D eigenvalue weighted by atomic mass is 127. The van der Waals surface area contributed by atoms with E-state index >= 15 is 0 Å². The molecule has 1 fully saturated rings. The molecule has 0 unspecified atom stereocenters. The van der Waals surface area contributed by atoms with Crippen molar-refractivity contribution in [3.63, 3.8) is 0 Å². The Labute approximate surface area is 191 Å². The van der Waals surface area contributed by atoms with Crippen LogP contribution in [-0.2, 0) is 28.9 Å². The molecule has 8 heteroatoms. The third-order valence-electron chi connectivity index (χ3n) is 5.09. The predicted molar refractivity (Wildman–Crippen MR) is 125 cm³/mol. The normalized spacial score (nSPS) is 18.5. The van der Waals surface area contributed by atoms with Crippen molar-refractivity contribution < 1.29 is 14.3 Å². The molecule has 1 N–H and O–H groups in total. The molecule has 0 saturated carbocycles. The van der Waals surface area contributed by atoms with Gasteiger partial charge in [0.2, 0.25) is 0 Å². The van der Waals surface area contributed by atoms with E-state index in [0.717, 1.165) is 39.3 Å². The van der Waals surface area contributed by atoms with Crippen LogP contribution in [0, 0.1) is 3.70 Å². The van der Waals surface area contributed by atoms with Crippen LogP contribution in [0.1, 0.15) is 37.7 Å². The van der Waals surface area contributed by atoms with Gasteiger partial charge in [0.25, 0.3) is 0 Å². The number of rotatable bonds is 8. The number of ether oxygens (including phenoxy) is 2. The molecule has 2 heterocycles. The van der Waals surface area contributed by atoms with Gasteiger partial charge in [-0.1, -0.05) is 44.2 Å². The fraction of sp³-hybridized carbons (Fsp3) is 0.500. The number of anilines is 1. The molecular formula is C22H29IN4O3. The number of nitrogens with zero attached hydrogens (tertiary/aromatic N) is 3. The molecule has 1 aromatic carbocycles. The number of carbonyl (C=O) groups excluding carboxylic acids is 1. The maximum atomic E-state index is 12.6. The summed E-state index contributed by atoms with van der Waals surface area (Å²) in [5.41, 5.74) is 2.87. The summed E-state index contributed by atoms with van der Waals surface area (Å²) in [6.45, 7) is 7.93. The van der Waals surface area contributed by atoms with Crippen LogP contribution in [0.5, 0.6) is 0 Å². The van der Waals surface area contributed by atoms with Crippen molar-refractivity contribution in [2.24, 2.45) is 0 Å². The maximum absolute atomic E-state index is 12.6. The topological polar surface area (TPSA) is 76.6 Å². The van der Waals surface area contributed by atoms with E-state index < -0.39 is 0 Å². The lowest BCUT2D eigenvalue weighted by atomic mass is 10.2. The standard InChI is InChI=1S/C22H29IN4O3/c1-4-16-20(23)24-17(5-2)21(25-16)26-18-12-27(13-19(18)29-6-3)22(28)30-14-15-10-8-7-9-11-15/h7-11,18-19H,4-6,12-14H2,1-3H3,(H,25,26)/t18-,19+/m1/s1. The monoisotopic (exact) mass is 524 g/mol. The average Bonchev–Trinajstić information content (AvgIpc) is 3.16. The molecule has 0 aliphatic carbocycles. The van der Waals surface area contributed by atoms with E-state index in [1.165, 1.54) is 0 Å². The third kappa shape index (κ3) is 5.60. The van der Waals surface area contributed by atoms with Gasteiger partial charge in [0, 0.05) is 13.2 Å². The van der Waals surface area contributed by atoms with Gasteiger partial charge in [0.1, 0.15) is 16.1 Å². The molecule has 1 aromatic heterocycles. The lowest BCUT2D eigenvalue weighted by molar-refractivity contribution is 0.0580. The van der Waals surface area contributed by atoms with Crippen LogP contribution in [0.3, 0.4) is 0 Å². The number of nitrogens with one attached hydrogen (secondary N) is 1. The van der Waals surface area contributed by atoms with E-state index in [4.69, 9.17) is 19.4 Å². The smallest absolute Gasteiger partial charge is 0.410 e. The molecule has 30 heavy (non-hydrogen) atoms. The van der Waals surface area contributed by atoms with Crippen molar-refractivity contribution in [2.75, 3.05) is 25.0 Å². The zero-order valence-corrected chi connectivity index (χ0v) is 19.9. The SMILES string of the molecule is CCO[C@H]1CN(C(=O)OCc2ccccc2)C[C@H]1Nc1nc(CC)c(I)nc1CC. The van der Waals surface area contributed by atoms with Crippen LogP contribution in [0.25, 0.3) is 0 Å². The fourth-order valence-corrected chi connectivity index (χ4v) is 4.29. The molecule has 1 amide bonds. The van der Waals surface area contributed by atoms with Crippen LogP contribution >= 0.6 is 22.6 Å². The second kappa shape index (κ2) is 10.9. The number of amides is 1. The van der Waals surface area contributed by atoms with Gasteiger partial charge < -0.3 is 19.7 Å². The lowest BCUT2D eigenvalue weighted by Crippen LogP contribution is -2.35. The highest BCUT2D eigenvalue weighted by Crippen LogP contribution is 2.23. The second-order valence-corrected chi connectivity index (χ2v) is 8.18. The summed E-state index contributed by atoms with van der Waals surface area (Å²) < 4.78 is 12.4. The van der Waals surface area contributed by atoms with E-state index in [9.17, 15) is 4.79 Å². The predicted octanol–water partition coefficient (Wildman–Crippen LogP) is 4.04. The first-order chi connectivity index (χ1) is 14.5. The van der Waals surface area contributed by atoms with Gasteiger partial charge in [-0.05, 0) is 47.9 Å². The quantitative estimate of drug-likeness (QED) is 0.526. The minimum atomic E-state index is -0.327. The Kier molecular flexibility index (Phi) is 8.26. The summed E-state index contributed by atoms with van der Waals surface area (Å²) in [5.74, 6) is 0.781. The van der Waals surface area contributed by atoms with Crippen molar-refractivity contribution in [3.05, 3.63) is 51.0 Å². The van der Waals surface area contributed by atoms with Gasteiger partial charge in [0.05, 0.1) is 30.1 Å². The molecule has 2 aromatic rings. The van der Waals surface area contributed by atoms with Crippen molar-refractivity contribution >= 4 is 34.5 Å². The minimum absolute atomic E-state index is 0.0707. The Bertz CT molecular complexity index is 850. The summed E-state index contributed by atoms with van der Waals surface area (Å²) in [7, 11) is 0. The first kappa shape index (κ1) is 22.7. The highest BCUT2D eigenvalue weighted by Gasteiger charge is 2.37. The van der Waals surface area contributed by atoms with Crippen molar-refractivity contribution in [2.45, 2.75) is 52.4 Å². The zero-order valence-electron chi connectivity index (χ0n) is 17.7. The lowest BCUT2D eigenvalue weighted by Gasteiger charge is -2.21. The van der Waals surface area contributed by atoms with Crippen LogP contribution in [-0.4, -0.2) is 52.8 Å². The summed E-state index contributed by atoms with van der Waals surface area (Å²) in [4.78, 5) is 23.8. The fourth-order valence-electron chi connectivity index (χ4n) is 3.50. The third-order valence-corrected chi connectivity index (χ3v) is 5.96. The molecule has 0 radical (unpaired) electrons. The second-order valence-electron chi connectivity index (χ2n) is 7.15. The number of benzene rings is 1. The van der Waals surface area contributed by atoms with Crippen molar-refractivity contribution in [3.8, 4) is 0 Å². The number of hydrogen-bond donors (Lipinski definition) is 1. The largest absolute Gasteiger partial charge is 0.445 e. The van der Waals surface area contributed by atoms with Crippen molar-refractivity contribution in [1.82, 2.24) is 14.9 Å². The molecule has 1 aliphatic rings. The van der Waals surface area contributed by atoms with Crippen LogP contribution in [0.2, 0.25) is 0 Å². The number of halogens is 1. The Morgan fingerprint density at radius 1 is 1.13 bits per heavy atom. The number of carbonyl (C=O) groups is 1. The minimum Gasteiger partial charge on any atom is -0.445 e. The Balaban J connectivity index is 1.69. The van der Waals surface area contributed by atoms with E-state index in [1.807, 2.05) is 37.3 Å². The molecule has 1 saturated heterocycles. The van der Waals surface area contributed by atoms with Gasteiger partial charge in [-0.3, -0.25) is 0 Å². The molecule has 7 nitrogen and oxygen atoms in total. The summed E-state index contributed by atoms with van der Waals surface area (Å²) in [5, 5.41) is 3.50. The molecule has 162 valence electrons. The van der Waals surface area contributed by atoms with Gasteiger partial charge >= 0.3 is 6.09 Å². The van der Waals surface area contributed by atoms with E-state index in [2.05, 4.69) is 41.8 Å². The average molecular weight is 524 g/mol. The Hall–Kier alpha value is -1.94. The van der Waals surface area contributed by atoms with Crippen LogP contribution < -0.4 is 5.32 Å². The van der Waals surface area contributed by atoms with Gasteiger partial charge in [-0.25, -0.2) is 14.8 Å². The molecular weight excluding hydrogens is 495 g/mol. The molecule has 0 spiro atoms. The number of aryl methyl sites for hydroxylation is 2. The van der Waals surface area contributed by atoms with Crippen molar-refractivity contribution in [1.29, 1.82) is 0 Å². The van der Waals surface area contributed by atoms with Gasteiger partial charge in [0.15, 0.2) is 0 Å². The zero-order chi connectivity index (χ0) is 21.5. The van der Waals surface area contributed by atoms with E-state index in [-0.39, 0.29) is 24.8 Å². The molecule has 2 atom stereocenters. The number of aromatic nitrogens is 2. The molecule has 1 aliphatic heterocycles. The first-order valence-electron chi connectivity index (χ1n) is 10.4. The summed E-state index contributed by atoms with van der Waals surface area (Å²) in [6, 6.07) is 9.62. The van der Waals surface area contributed by atoms with E-state index in [1.54, 1.807) is 4.90 Å². The summed E-state index contributed by atoms with van der Waals surface area (Å²) >= 11 is 2.24. The van der Waals surface area contributed by atoms with Gasteiger partial charge in [-0.2, -0.15) is 0 Å². The molecule has 0 bridgehead atoms. The Morgan fingerprint density at radius 2 is 1.87 bits per heavy atom. The number of hydrogen-bond acceptors (Lipinski definition) is 6. The van der Waals surface area contributed by atoms with Crippen LogP contribution in [0.4, 0.5) is 10.6 Å². The van der Waals surface area contributed by atoms with Crippen LogP contribution in [0.15, 0.2) is 30.3 Å². The van der Waals surface area contributed by atoms with Gasteiger partial charge in [-0.15, -0.1) is 0 Å².